The second-order valence-corrected chi connectivity index (χ2v) is 5.21. The van der Waals surface area contributed by atoms with Gasteiger partial charge in [-0.2, -0.15) is 0 Å². The molecule has 1 aromatic rings. The second-order valence-electron chi connectivity index (χ2n) is 2.67. The molecule has 2 atom stereocenters. The van der Waals surface area contributed by atoms with Crippen molar-refractivity contribution in [2.24, 2.45) is 0 Å². The van der Waals surface area contributed by atoms with Crippen molar-refractivity contribution in [3.8, 4) is 0 Å². The third kappa shape index (κ3) is 1.16. The van der Waals surface area contributed by atoms with Crippen LogP contribution in [0.25, 0.3) is 0 Å². The van der Waals surface area contributed by atoms with Crippen LogP contribution in [0.4, 0.5) is 0 Å². The minimum atomic E-state index is -1.47. The van der Waals surface area contributed by atoms with Crippen molar-refractivity contribution >= 4 is 40.9 Å². The van der Waals surface area contributed by atoms with Gasteiger partial charge in [-0.15, -0.1) is 11.6 Å². The molecule has 0 amide bonds. The van der Waals surface area contributed by atoms with Crippen LogP contribution in [-0.2, 0) is 4.79 Å². The van der Waals surface area contributed by atoms with Gasteiger partial charge >= 0.3 is 5.97 Å². The van der Waals surface area contributed by atoms with E-state index in [0.29, 0.717) is 5.69 Å². The van der Waals surface area contributed by atoms with Gasteiger partial charge in [0.2, 0.25) is 4.21 Å². The molecule has 6 heteroatoms. The van der Waals surface area contributed by atoms with E-state index in [1.54, 1.807) is 12.3 Å². The molecule has 0 radical (unpaired) electrons. The zero-order chi connectivity index (χ0) is 9.64. The molecule has 70 valence electrons. The predicted octanol–water partition coefficient (Wildman–Crippen LogP) is 2.42. The minimum absolute atomic E-state index is 0.684. The molecule has 2 unspecified atom stereocenters. The third-order valence-electron chi connectivity index (χ3n) is 1.87. The number of aromatic nitrogens is 1. The topological polar surface area (TPSA) is 53.1 Å². The number of nitrogens with one attached hydrogen (secondary N) is 1. The van der Waals surface area contributed by atoms with Crippen LogP contribution in [0.5, 0.6) is 0 Å². The molecule has 1 aliphatic rings. The summed E-state index contributed by atoms with van der Waals surface area (Å²) in [6.45, 7) is 0. The van der Waals surface area contributed by atoms with Gasteiger partial charge in [-0.3, -0.25) is 0 Å². The van der Waals surface area contributed by atoms with Crippen molar-refractivity contribution in [1.82, 2.24) is 4.98 Å². The lowest BCUT2D eigenvalue weighted by atomic mass is 10.2. The minimum Gasteiger partial charge on any atom is -0.479 e. The van der Waals surface area contributed by atoms with Gasteiger partial charge in [0.15, 0.2) is 0 Å². The number of fused-ring (bicyclic) bond motifs is 1. The van der Waals surface area contributed by atoms with E-state index in [2.05, 4.69) is 4.98 Å². The molecule has 0 saturated carbocycles. The number of halogens is 2. The third-order valence-corrected chi connectivity index (χ3v) is 4.55. The Morgan fingerprint density at radius 3 is 3.00 bits per heavy atom. The Morgan fingerprint density at radius 2 is 2.46 bits per heavy atom. The zero-order valence-corrected chi connectivity index (χ0v) is 8.58. The quantitative estimate of drug-likeness (QED) is 0.738. The van der Waals surface area contributed by atoms with E-state index in [4.69, 9.17) is 28.3 Å². The van der Waals surface area contributed by atoms with Crippen LogP contribution in [0.3, 0.4) is 0 Å². The summed E-state index contributed by atoms with van der Waals surface area (Å²) < 4.78 is -1.47. The maximum absolute atomic E-state index is 10.8. The summed E-state index contributed by atoms with van der Waals surface area (Å²) in [6.07, 6.45) is 1.71. The van der Waals surface area contributed by atoms with E-state index >= 15 is 0 Å². The highest BCUT2D eigenvalue weighted by atomic mass is 35.5. The molecule has 0 saturated heterocycles. The Kier molecular flexibility index (Phi) is 2.02. The first-order chi connectivity index (χ1) is 6.05. The van der Waals surface area contributed by atoms with Crippen LogP contribution in [0.15, 0.2) is 17.2 Å². The zero-order valence-electron chi connectivity index (χ0n) is 6.25. The standard InChI is InChI=1S/C7H5Cl2NO2S/c8-5-4-3(1-2-10-4)13-7(5,9)6(11)12/h1-2,5,10H,(H,11,12). The second kappa shape index (κ2) is 2.83. The lowest BCUT2D eigenvalue weighted by Gasteiger charge is -2.17. The van der Waals surface area contributed by atoms with Gasteiger partial charge in [-0.1, -0.05) is 23.4 Å². The van der Waals surface area contributed by atoms with Crippen LogP contribution in [0.2, 0.25) is 0 Å². The maximum atomic E-state index is 10.8. The molecule has 3 nitrogen and oxygen atoms in total. The predicted molar refractivity (Wildman–Crippen MR) is 51.5 cm³/mol. The van der Waals surface area contributed by atoms with Crippen molar-refractivity contribution < 1.29 is 9.90 Å². The summed E-state index contributed by atoms with van der Waals surface area (Å²) in [7, 11) is 0. The lowest BCUT2D eigenvalue weighted by molar-refractivity contribution is -0.137. The van der Waals surface area contributed by atoms with Gasteiger partial charge in [0, 0.05) is 11.1 Å². The van der Waals surface area contributed by atoms with Crippen LogP contribution >= 0.6 is 35.0 Å². The van der Waals surface area contributed by atoms with E-state index in [9.17, 15) is 4.79 Å². The van der Waals surface area contributed by atoms with Gasteiger partial charge in [0.1, 0.15) is 5.38 Å². The van der Waals surface area contributed by atoms with Crippen molar-refractivity contribution in [3.63, 3.8) is 0 Å². The van der Waals surface area contributed by atoms with E-state index in [1.165, 1.54) is 0 Å². The first-order valence-corrected chi connectivity index (χ1v) is 5.11. The van der Waals surface area contributed by atoms with Crippen LogP contribution < -0.4 is 0 Å². The van der Waals surface area contributed by atoms with Crippen molar-refractivity contribution in [1.29, 1.82) is 0 Å². The molecule has 13 heavy (non-hydrogen) atoms. The molecule has 0 aliphatic carbocycles. The molecular formula is C7H5Cl2NO2S. The fourth-order valence-electron chi connectivity index (χ4n) is 1.20. The average Bonchev–Trinajstić information content (AvgIpc) is 2.57. The maximum Gasteiger partial charge on any atom is 0.337 e. The first-order valence-electron chi connectivity index (χ1n) is 3.48. The number of carboxylic acid groups (broad SMARTS) is 1. The van der Waals surface area contributed by atoms with E-state index in [-0.39, 0.29) is 0 Å². The van der Waals surface area contributed by atoms with Gasteiger partial charge in [0.25, 0.3) is 0 Å². The fourth-order valence-corrected chi connectivity index (χ4v) is 3.09. The Morgan fingerprint density at radius 1 is 1.77 bits per heavy atom. The number of aromatic amines is 1. The number of hydrogen-bond acceptors (Lipinski definition) is 2. The number of hydrogen-bond donors (Lipinski definition) is 2. The Hall–Kier alpha value is -0.320. The number of carboxylic acids is 1. The summed E-state index contributed by atoms with van der Waals surface area (Å²) in [6, 6.07) is 1.77. The van der Waals surface area contributed by atoms with Gasteiger partial charge in [-0.25, -0.2) is 4.79 Å². The summed E-state index contributed by atoms with van der Waals surface area (Å²) >= 11 is 12.9. The number of rotatable bonds is 1. The van der Waals surface area contributed by atoms with Crippen molar-refractivity contribution in [3.05, 3.63) is 18.0 Å². The van der Waals surface area contributed by atoms with Crippen LogP contribution in [-0.4, -0.2) is 20.3 Å². The number of alkyl halides is 2. The highest BCUT2D eigenvalue weighted by Crippen LogP contribution is 2.57. The van der Waals surface area contributed by atoms with E-state index < -0.39 is 15.6 Å². The summed E-state index contributed by atoms with van der Waals surface area (Å²) in [4.78, 5) is 14.5. The smallest absolute Gasteiger partial charge is 0.337 e. The monoisotopic (exact) mass is 237 g/mol. The normalized spacial score (nSPS) is 31.7. The van der Waals surface area contributed by atoms with E-state index in [0.717, 1.165) is 16.7 Å². The van der Waals surface area contributed by atoms with Crippen LogP contribution in [0.1, 0.15) is 11.1 Å². The summed E-state index contributed by atoms with van der Waals surface area (Å²) in [5, 5.41) is 8.16. The molecular weight excluding hydrogens is 233 g/mol. The molecule has 0 aromatic carbocycles. The van der Waals surface area contributed by atoms with E-state index in [1.807, 2.05) is 0 Å². The Labute approximate surface area is 88.4 Å². The molecule has 0 bridgehead atoms. The fraction of sp³-hybridized carbons (Fsp3) is 0.286. The highest BCUT2D eigenvalue weighted by Gasteiger charge is 2.52. The first kappa shape index (κ1) is 9.24. The number of H-pyrrole nitrogens is 1. The van der Waals surface area contributed by atoms with Crippen molar-refractivity contribution in [2.45, 2.75) is 14.5 Å². The molecule has 1 aromatic heterocycles. The molecule has 2 rings (SSSR count). The van der Waals surface area contributed by atoms with Gasteiger partial charge in [0.05, 0.1) is 5.69 Å². The Balaban J connectivity index is 2.44. The van der Waals surface area contributed by atoms with Gasteiger partial charge < -0.3 is 10.1 Å². The van der Waals surface area contributed by atoms with Crippen molar-refractivity contribution in [2.75, 3.05) is 0 Å². The molecule has 0 fully saturated rings. The molecule has 1 aliphatic heterocycles. The SMILES string of the molecule is O=C(O)C1(Cl)Sc2cc[nH]c2C1Cl. The lowest BCUT2D eigenvalue weighted by Crippen LogP contribution is -2.29. The summed E-state index contributed by atoms with van der Waals surface area (Å²) in [5.41, 5.74) is 0.684. The molecule has 0 spiro atoms. The number of aliphatic carboxylic acids is 1. The Bertz CT molecular complexity index is 367. The van der Waals surface area contributed by atoms with Crippen LogP contribution in [0, 0.1) is 0 Å². The average molecular weight is 238 g/mol. The highest BCUT2D eigenvalue weighted by molar-refractivity contribution is 8.03. The number of thioether (sulfide) groups is 1. The largest absolute Gasteiger partial charge is 0.479 e. The number of carbonyl (C=O) groups is 1. The summed E-state index contributed by atoms with van der Waals surface area (Å²) in [5.74, 6) is -1.11. The molecule has 2 N–H and O–H groups in total. The van der Waals surface area contributed by atoms with Gasteiger partial charge in [-0.05, 0) is 6.07 Å². The molecule has 2 heterocycles.